The van der Waals surface area contributed by atoms with E-state index in [1.807, 2.05) is 20.8 Å². The normalized spacial score (nSPS) is 24.4. The molecule has 1 saturated carbocycles. The number of carboxylic acid groups (broad SMARTS) is 1. The van der Waals surface area contributed by atoms with Crippen LogP contribution in [-0.2, 0) is 14.3 Å². The van der Waals surface area contributed by atoms with E-state index >= 15 is 0 Å². The molecule has 0 aromatic carbocycles. The van der Waals surface area contributed by atoms with Crippen molar-refractivity contribution >= 4 is 35.0 Å². The topological polar surface area (TPSA) is 96.4 Å². The predicted octanol–water partition coefficient (Wildman–Crippen LogP) is 5.39. The van der Waals surface area contributed by atoms with Gasteiger partial charge in [0.2, 0.25) is 5.91 Å². The van der Waals surface area contributed by atoms with Crippen LogP contribution in [0.15, 0.2) is 6.07 Å². The van der Waals surface area contributed by atoms with Gasteiger partial charge >= 0.3 is 12.1 Å². The van der Waals surface area contributed by atoms with Crippen LogP contribution >= 0.6 is 11.3 Å². The maximum atomic E-state index is 14.0. The van der Waals surface area contributed by atoms with Gasteiger partial charge in [-0.2, -0.15) is 0 Å². The lowest BCUT2D eigenvalue weighted by atomic mass is 9.82. The molecule has 0 unspecified atom stereocenters. The fraction of sp³-hybridized carbons (Fsp3) is 0.690. The summed E-state index contributed by atoms with van der Waals surface area (Å²) >= 11 is 1.12. The Morgan fingerprint density at radius 2 is 1.79 bits per heavy atom. The molecule has 3 aliphatic rings. The Kier molecular flexibility index (Phi) is 9.04. The van der Waals surface area contributed by atoms with Gasteiger partial charge in [-0.25, -0.2) is 9.59 Å². The largest absolute Gasteiger partial charge is 0.477 e. The number of amides is 2. The average molecular weight is 545 g/mol. The number of carbonyl (C=O) groups excluding carboxylic acids is 2. The Labute approximate surface area is 229 Å². The van der Waals surface area contributed by atoms with Crippen molar-refractivity contribution in [2.24, 2.45) is 17.3 Å². The van der Waals surface area contributed by atoms with Gasteiger partial charge in [-0.15, -0.1) is 11.3 Å². The highest BCUT2D eigenvalue weighted by Crippen LogP contribution is 2.38. The van der Waals surface area contributed by atoms with Crippen LogP contribution in [0.3, 0.4) is 0 Å². The van der Waals surface area contributed by atoms with Gasteiger partial charge in [-0.05, 0) is 71.3 Å². The smallest absolute Gasteiger partial charge is 0.410 e. The van der Waals surface area contributed by atoms with Crippen LogP contribution in [0.4, 0.5) is 10.5 Å². The van der Waals surface area contributed by atoms with Crippen molar-refractivity contribution in [3.05, 3.63) is 15.8 Å². The Morgan fingerprint density at radius 3 is 2.37 bits per heavy atom. The van der Waals surface area contributed by atoms with Crippen molar-refractivity contribution in [3.63, 3.8) is 0 Å². The molecule has 208 valence electrons. The van der Waals surface area contributed by atoms with Crippen molar-refractivity contribution in [2.75, 3.05) is 31.2 Å². The Hall–Kier alpha value is -2.57. The van der Waals surface area contributed by atoms with Crippen LogP contribution in [0.2, 0.25) is 0 Å². The molecule has 4 rings (SSSR count). The molecule has 2 saturated heterocycles. The summed E-state index contributed by atoms with van der Waals surface area (Å²) in [4.78, 5) is 43.3. The number of carbonyl (C=O) groups is 3. The maximum absolute atomic E-state index is 14.0. The molecule has 38 heavy (non-hydrogen) atoms. The fourth-order valence-corrected chi connectivity index (χ4v) is 6.19. The number of rotatable bonds is 5. The van der Waals surface area contributed by atoms with Crippen LogP contribution in [0.1, 0.15) is 87.2 Å². The standard InChI is InChI=1S/C29H40N2O6S/c1-19-5-7-20(8-6-19)26(32)31(24-17-23(9-13-29(2,3)4)38-25(24)27(33)34)21-10-14-30(15-11-21)28(35)37-22-12-16-36-18-22/h17,19-22H,5-8,10-12,14-16,18H2,1-4H3,(H,33,34)/t19?,20?,22-/m1/s1. The number of aromatic carboxylic acids is 1. The van der Waals surface area contributed by atoms with Gasteiger partial charge in [-0.3, -0.25) is 4.79 Å². The van der Waals surface area contributed by atoms with E-state index in [9.17, 15) is 19.5 Å². The lowest BCUT2D eigenvalue weighted by molar-refractivity contribution is -0.124. The zero-order valence-corrected chi connectivity index (χ0v) is 23.8. The maximum Gasteiger partial charge on any atom is 0.410 e. The third-order valence-corrected chi connectivity index (χ3v) is 8.60. The summed E-state index contributed by atoms with van der Waals surface area (Å²) in [5, 5.41) is 10.1. The molecule has 3 fully saturated rings. The molecule has 3 heterocycles. The van der Waals surface area contributed by atoms with Crippen LogP contribution in [0.25, 0.3) is 0 Å². The first-order chi connectivity index (χ1) is 18.0. The number of likely N-dealkylation sites (tertiary alicyclic amines) is 1. The van der Waals surface area contributed by atoms with Gasteiger partial charge in [0.25, 0.3) is 0 Å². The van der Waals surface area contributed by atoms with E-state index < -0.39 is 5.97 Å². The number of ether oxygens (including phenoxy) is 2. The minimum atomic E-state index is -1.05. The first kappa shape index (κ1) is 28.4. The van der Waals surface area contributed by atoms with Gasteiger partial charge in [0.1, 0.15) is 11.0 Å². The van der Waals surface area contributed by atoms with Crippen molar-refractivity contribution < 1.29 is 29.0 Å². The van der Waals surface area contributed by atoms with Crippen molar-refractivity contribution in [1.82, 2.24) is 4.90 Å². The average Bonchev–Trinajstić information content (AvgIpc) is 3.53. The van der Waals surface area contributed by atoms with Crippen LogP contribution in [0, 0.1) is 29.1 Å². The summed E-state index contributed by atoms with van der Waals surface area (Å²) in [7, 11) is 0. The Morgan fingerprint density at radius 1 is 1.11 bits per heavy atom. The number of carboxylic acids is 1. The molecule has 1 N–H and O–H groups in total. The highest BCUT2D eigenvalue weighted by Gasteiger charge is 2.38. The van der Waals surface area contributed by atoms with E-state index in [1.165, 1.54) is 0 Å². The third-order valence-electron chi connectivity index (χ3n) is 7.57. The Balaban J connectivity index is 1.58. The third kappa shape index (κ3) is 7.09. The number of hydrogen-bond acceptors (Lipinski definition) is 6. The molecular formula is C29H40N2O6S. The zero-order chi connectivity index (χ0) is 27.4. The number of nitrogens with zero attached hydrogens (tertiary/aromatic N) is 2. The van der Waals surface area contributed by atoms with Crippen LogP contribution < -0.4 is 4.90 Å². The van der Waals surface area contributed by atoms with Crippen LogP contribution in [-0.4, -0.2) is 66.4 Å². The molecular weight excluding hydrogens is 504 g/mol. The fourth-order valence-electron chi connectivity index (χ4n) is 5.35. The van der Waals surface area contributed by atoms with E-state index in [1.54, 1.807) is 15.9 Å². The molecule has 1 aliphatic carbocycles. The quantitative estimate of drug-likeness (QED) is 0.499. The first-order valence-electron chi connectivity index (χ1n) is 13.8. The molecule has 1 aromatic rings. The monoisotopic (exact) mass is 544 g/mol. The minimum absolute atomic E-state index is 0.00309. The van der Waals surface area contributed by atoms with Gasteiger partial charge in [0, 0.05) is 36.9 Å². The van der Waals surface area contributed by atoms with Crippen molar-refractivity contribution in [3.8, 4) is 11.8 Å². The molecule has 1 aromatic heterocycles. The summed E-state index contributed by atoms with van der Waals surface area (Å²) in [5.74, 6) is 5.73. The highest BCUT2D eigenvalue weighted by molar-refractivity contribution is 7.15. The SMILES string of the molecule is CC1CCC(C(=O)N(c2cc(C#CC(C)(C)C)sc2C(=O)O)C2CCN(C(=O)O[C@@H]3CCOC3)CC2)CC1. The second-order valence-electron chi connectivity index (χ2n) is 11.9. The predicted molar refractivity (Wildman–Crippen MR) is 147 cm³/mol. The molecule has 9 heteroatoms. The van der Waals surface area contributed by atoms with E-state index in [2.05, 4.69) is 18.8 Å². The van der Waals surface area contributed by atoms with E-state index in [4.69, 9.17) is 9.47 Å². The van der Waals surface area contributed by atoms with Gasteiger partial charge in [0.05, 0.1) is 23.8 Å². The van der Waals surface area contributed by atoms with Crippen LogP contribution in [0.5, 0.6) is 0 Å². The number of thiophene rings is 1. The minimum Gasteiger partial charge on any atom is -0.477 e. The van der Waals surface area contributed by atoms with Gasteiger partial charge in [0.15, 0.2) is 0 Å². The number of anilines is 1. The summed E-state index contributed by atoms with van der Waals surface area (Å²) in [6.45, 7) is 10.2. The number of piperidine rings is 1. The Bertz CT molecular complexity index is 1070. The second kappa shape index (κ2) is 12.1. The molecule has 2 amide bonds. The molecule has 8 nitrogen and oxygen atoms in total. The molecule has 0 spiro atoms. The second-order valence-corrected chi connectivity index (χ2v) is 12.9. The lowest BCUT2D eigenvalue weighted by Gasteiger charge is -2.40. The summed E-state index contributed by atoms with van der Waals surface area (Å²) in [5.41, 5.74) is 0.210. The summed E-state index contributed by atoms with van der Waals surface area (Å²) in [6.07, 6.45) is 4.90. The molecule has 1 atom stereocenters. The summed E-state index contributed by atoms with van der Waals surface area (Å²) in [6, 6.07) is 1.58. The van der Waals surface area contributed by atoms with E-state index in [0.717, 1.165) is 37.0 Å². The first-order valence-corrected chi connectivity index (χ1v) is 14.6. The number of hydrogen-bond donors (Lipinski definition) is 1. The lowest BCUT2D eigenvalue weighted by Crippen LogP contribution is -2.51. The summed E-state index contributed by atoms with van der Waals surface area (Å²) < 4.78 is 10.9. The van der Waals surface area contributed by atoms with Crippen molar-refractivity contribution in [2.45, 2.75) is 84.8 Å². The molecule has 2 aliphatic heterocycles. The van der Waals surface area contributed by atoms with Crippen molar-refractivity contribution in [1.29, 1.82) is 0 Å². The van der Waals surface area contributed by atoms with E-state index in [0.29, 0.717) is 62.0 Å². The highest BCUT2D eigenvalue weighted by atomic mass is 32.1. The molecule has 0 bridgehead atoms. The van der Waals surface area contributed by atoms with E-state index in [-0.39, 0.29) is 40.4 Å². The van der Waals surface area contributed by atoms with Gasteiger partial charge < -0.3 is 24.4 Å². The zero-order valence-electron chi connectivity index (χ0n) is 23.0. The van der Waals surface area contributed by atoms with Gasteiger partial charge in [-0.1, -0.05) is 18.8 Å². The molecule has 0 radical (unpaired) electrons.